The second-order valence-corrected chi connectivity index (χ2v) is 6.68. The number of nitrogens with zero attached hydrogens (tertiary/aromatic N) is 2. The standard InChI is InChI=1S/C11H17N3S2/c1-2-9(1)12-7-10-8-13-11(16-10)14-3-5-15-6-4-14/h8-9,12H,1-7H2. The predicted molar refractivity (Wildman–Crippen MR) is 71.5 cm³/mol. The lowest BCUT2D eigenvalue weighted by Gasteiger charge is -2.25. The summed E-state index contributed by atoms with van der Waals surface area (Å²) >= 11 is 3.90. The van der Waals surface area contributed by atoms with E-state index < -0.39 is 0 Å². The van der Waals surface area contributed by atoms with Gasteiger partial charge in [0, 0.05) is 48.3 Å². The number of thioether (sulfide) groups is 1. The summed E-state index contributed by atoms with van der Waals surface area (Å²) in [6, 6.07) is 0.789. The molecule has 2 heterocycles. The average molecular weight is 255 g/mol. The molecule has 2 fully saturated rings. The van der Waals surface area contributed by atoms with Crippen molar-refractivity contribution in [3.8, 4) is 0 Å². The van der Waals surface area contributed by atoms with Crippen LogP contribution in [0.15, 0.2) is 6.20 Å². The second kappa shape index (κ2) is 4.94. The van der Waals surface area contributed by atoms with Gasteiger partial charge in [-0.2, -0.15) is 11.8 Å². The molecule has 0 amide bonds. The van der Waals surface area contributed by atoms with Crippen molar-refractivity contribution in [3.05, 3.63) is 11.1 Å². The van der Waals surface area contributed by atoms with Gasteiger partial charge in [0.1, 0.15) is 0 Å². The van der Waals surface area contributed by atoms with Crippen molar-refractivity contribution in [3.63, 3.8) is 0 Å². The molecule has 1 aromatic rings. The van der Waals surface area contributed by atoms with Crippen LogP contribution in [0.2, 0.25) is 0 Å². The number of aromatic nitrogens is 1. The molecule has 3 nitrogen and oxygen atoms in total. The molecular formula is C11H17N3S2. The molecule has 1 aliphatic heterocycles. The smallest absolute Gasteiger partial charge is 0.185 e. The number of anilines is 1. The Labute approximate surface area is 105 Å². The Hall–Kier alpha value is -0.260. The summed E-state index contributed by atoms with van der Waals surface area (Å²) in [5, 5.41) is 4.75. The number of thiazole rings is 1. The Kier molecular flexibility index (Phi) is 3.35. The molecule has 1 saturated heterocycles. The number of hydrogen-bond donors (Lipinski definition) is 1. The SMILES string of the molecule is c1nc(N2CCSCC2)sc1CNC1CC1. The fraction of sp³-hybridized carbons (Fsp3) is 0.727. The van der Waals surface area contributed by atoms with Crippen LogP contribution in [0.1, 0.15) is 17.7 Å². The molecule has 0 radical (unpaired) electrons. The normalized spacial score (nSPS) is 21.4. The van der Waals surface area contributed by atoms with Crippen molar-refractivity contribution in [2.24, 2.45) is 0 Å². The van der Waals surface area contributed by atoms with Crippen LogP contribution in [0, 0.1) is 0 Å². The molecule has 0 bridgehead atoms. The van der Waals surface area contributed by atoms with Crippen molar-refractivity contribution in [1.29, 1.82) is 0 Å². The van der Waals surface area contributed by atoms with E-state index in [0.29, 0.717) is 0 Å². The Morgan fingerprint density at radius 2 is 2.19 bits per heavy atom. The maximum atomic E-state index is 4.53. The van der Waals surface area contributed by atoms with Gasteiger partial charge in [0.2, 0.25) is 0 Å². The lowest BCUT2D eigenvalue weighted by atomic mass is 10.5. The molecule has 3 rings (SSSR count). The zero-order chi connectivity index (χ0) is 10.8. The van der Waals surface area contributed by atoms with E-state index in [1.807, 2.05) is 29.3 Å². The first-order valence-electron chi connectivity index (χ1n) is 5.92. The fourth-order valence-electron chi connectivity index (χ4n) is 1.81. The van der Waals surface area contributed by atoms with Gasteiger partial charge >= 0.3 is 0 Å². The van der Waals surface area contributed by atoms with E-state index in [0.717, 1.165) is 25.7 Å². The Balaban J connectivity index is 1.57. The van der Waals surface area contributed by atoms with Crippen LogP contribution in [0.4, 0.5) is 5.13 Å². The van der Waals surface area contributed by atoms with E-state index in [4.69, 9.17) is 0 Å². The molecule has 88 valence electrons. The molecule has 0 unspecified atom stereocenters. The molecular weight excluding hydrogens is 238 g/mol. The Bertz CT molecular complexity index is 343. The lowest BCUT2D eigenvalue weighted by molar-refractivity contribution is 0.694. The van der Waals surface area contributed by atoms with E-state index in [9.17, 15) is 0 Å². The van der Waals surface area contributed by atoms with Gasteiger partial charge in [-0.15, -0.1) is 11.3 Å². The molecule has 1 aromatic heterocycles. The van der Waals surface area contributed by atoms with Gasteiger partial charge in [-0.3, -0.25) is 0 Å². The summed E-state index contributed by atoms with van der Waals surface area (Å²) in [6.07, 6.45) is 4.75. The Morgan fingerprint density at radius 1 is 1.38 bits per heavy atom. The molecule has 16 heavy (non-hydrogen) atoms. The minimum Gasteiger partial charge on any atom is -0.346 e. The third-order valence-electron chi connectivity index (χ3n) is 2.97. The third-order valence-corrected chi connectivity index (χ3v) is 4.97. The van der Waals surface area contributed by atoms with Gasteiger partial charge in [-0.05, 0) is 12.8 Å². The van der Waals surface area contributed by atoms with E-state index in [1.54, 1.807) is 0 Å². The summed E-state index contributed by atoms with van der Waals surface area (Å²) in [5.41, 5.74) is 0. The summed E-state index contributed by atoms with van der Waals surface area (Å²) in [5.74, 6) is 2.49. The topological polar surface area (TPSA) is 28.2 Å². The first-order chi connectivity index (χ1) is 7.92. The van der Waals surface area contributed by atoms with Gasteiger partial charge in [0.25, 0.3) is 0 Å². The van der Waals surface area contributed by atoms with Gasteiger partial charge in [0.15, 0.2) is 5.13 Å². The first kappa shape index (κ1) is 10.9. The molecule has 1 N–H and O–H groups in total. The highest BCUT2D eigenvalue weighted by molar-refractivity contribution is 7.99. The van der Waals surface area contributed by atoms with Crippen LogP contribution in [0.3, 0.4) is 0 Å². The van der Waals surface area contributed by atoms with Crippen LogP contribution in [0.25, 0.3) is 0 Å². The fourth-order valence-corrected chi connectivity index (χ4v) is 3.63. The summed E-state index contributed by atoms with van der Waals surface area (Å²) in [6.45, 7) is 3.33. The minimum atomic E-state index is 0.789. The average Bonchev–Trinajstić information content (AvgIpc) is 3.05. The van der Waals surface area contributed by atoms with E-state index in [-0.39, 0.29) is 0 Å². The Morgan fingerprint density at radius 3 is 2.94 bits per heavy atom. The van der Waals surface area contributed by atoms with Gasteiger partial charge < -0.3 is 10.2 Å². The first-order valence-corrected chi connectivity index (χ1v) is 7.90. The molecule has 5 heteroatoms. The minimum absolute atomic E-state index is 0.789. The van der Waals surface area contributed by atoms with Crippen LogP contribution in [-0.2, 0) is 6.54 Å². The lowest BCUT2D eigenvalue weighted by Crippen LogP contribution is -2.32. The van der Waals surface area contributed by atoms with E-state index >= 15 is 0 Å². The predicted octanol–water partition coefficient (Wildman–Crippen LogP) is 1.95. The summed E-state index contributed by atoms with van der Waals surface area (Å²) < 4.78 is 0. The molecule has 2 aliphatic rings. The maximum Gasteiger partial charge on any atom is 0.185 e. The number of hydrogen-bond acceptors (Lipinski definition) is 5. The van der Waals surface area contributed by atoms with Gasteiger partial charge in [-0.25, -0.2) is 4.98 Å². The van der Waals surface area contributed by atoms with Crippen LogP contribution in [-0.4, -0.2) is 35.6 Å². The van der Waals surface area contributed by atoms with Gasteiger partial charge in [0.05, 0.1) is 0 Å². The van der Waals surface area contributed by atoms with E-state index in [2.05, 4.69) is 15.2 Å². The number of rotatable bonds is 4. The molecule has 1 aliphatic carbocycles. The van der Waals surface area contributed by atoms with Gasteiger partial charge in [-0.1, -0.05) is 0 Å². The molecule has 0 spiro atoms. The largest absolute Gasteiger partial charge is 0.346 e. The van der Waals surface area contributed by atoms with Crippen molar-refractivity contribution in [2.75, 3.05) is 29.5 Å². The van der Waals surface area contributed by atoms with Crippen molar-refractivity contribution < 1.29 is 0 Å². The van der Waals surface area contributed by atoms with E-state index in [1.165, 1.54) is 34.4 Å². The summed E-state index contributed by atoms with van der Waals surface area (Å²) in [4.78, 5) is 8.33. The quantitative estimate of drug-likeness (QED) is 0.890. The van der Waals surface area contributed by atoms with Crippen LogP contribution in [0.5, 0.6) is 0 Å². The zero-order valence-electron chi connectivity index (χ0n) is 9.32. The van der Waals surface area contributed by atoms with Crippen molar-refractivity contribution in [1.82, 2.24) is 10.3 Å². The zero-order valence-corrected chi connectivity index (χ0v) is 10.9. The monoisotopic (exact) mass is 255 g/mol. The summed E-state index contributed by atoms with van der Waals surface area (Å²) in [7, 11) is 0. The van der Waals surface area contributed by atoms with Crippen molar-refractivity contribution in [2.45, 2.75) is 25.4 Å². The molecule has 0 atom stereocenters. The second-order valence-electron chi connectivity index (χ2n) is 4.36. The van der Waals surface area contributed by atoms with Crippen LogP contribution < -0.4 is 10.2 Å². The van der Waals surface area contributed by atoms with Crippen LogP contribution >= 0.6 is 23.1 Å². The number of nitrogens with one attached hydrogen (secondary N) is 1. The highest BCUT2D eigenvalue weighted by Crippen LogP contribution is 2.26. The molecule has 0 aromatic carbocycles. The third kappa shape index (κ3) is 2.70. The highest BCUT2D eigenvalue weighted by Gasteiger charge is 2.21. The van der Waals surface area contributed by atoms with Crippen molar-refractivity contribution >= 4 is 28.2 Å². The maximum absolute atomic E-state index is 4.53. The highest BCUT2D eigenvalue weighted by atomic mass is 32.2. The molecule has 1 saturated carbocycles.